The molecule has 24 heavy (non-hydrogen) atoms. The Kier molecular flexibility index (Phi) is 6.90. The monoisotopic (exact) mass is 350 g/mol. The van der Waals surface area contributed by atoms with Crippen molar-refractivity contribution in [2.24, 2.45) is 0 Å². The van der Waals surface area contributed by atoms with Gasteiger partial charge in [-0.3, -0.25) is 14.2 Å². The maximum absolute atomic E-state index is 12.7. The van der Waals surface area contributed by atoms with E-state index in [9.17, 15) is 9.59 Å². The van der Waals surface area contributed by atoms with E-state index >= 15 is 0 Å². The molecule has 0 unspecified atom stereocenters. The topological polar surface area (TPSA) is 79.8 Å². The summed E-state index contributed by atoms with van der Waals surface area (Å²) in [6, 6.07) is 1.87. The smallest absolute Gasteiger partial charge is 0.278 e. The number of nitrogens with one attached hydrogen (secondary N) is 2. The van der Waals surface area contributed by atoms with Crippen LogP contribution in [0.1, 0.15) is 45.2 Å². The van der Waals surface area contributed by atoms with Crippen molar-refractivity contribution >= 4 is 28.7 Å². The number of thioether (sulfide) groups is 1. The molecule has 2 heterocycles. The summed E-state index contributed by atoms with van der Waals surface area (Å²) in [5.41, 5.74) is 2.06. The molecule has 0 aliphatic heterocycles. The standard InChI is InChI=1S/C17H26N4O2S/c1-4-6-8-18-14(22)11-24-17-20-13-10-12(3)19-15(13)16(23)21(17)9-7-5-2/h10,19H,4-9,11H2,1-3H3,(H,18,22). The lowest BCUT2D eigenvalue weighted by molar-refractivity contribution is -0.118. The van der Waals surface area contributed by atoms with Gasteiger partial charge in [0.15, 0.2) is 5.16 Å². The average molecular weight is 350 g/mol. The second kappa shape index (κ2) is 8.92. The van der Waals surface area contributed by atoms with Crippen LogP contribution in [0.3, 0.4) is 0 Å². The van der Waals surface area contributed by atoms with Gasteiger partial charge in [0.05, 0.1) is 11.3 Å². The minimum absolute atomic E-state index is 0.0184. The summed E-state index contributed by atoms with van der Waals surface area (Å²) in [5, 5.41) is 3.51. The SMILES string of the molecule is CCCCNC(=O)CSc1nc2cc(C)[nH]c2c(=O)n1CCCC. The van der Waals surface area contributed by atoms with Crippen LogP contribution >= 0.6 is 11.8 Å². The predicted octanol–water partition coefficient (Wildman–Crippen LogP) is 2.84. The minimum atomic E-state index is -0.0598. The van der Waals surface area contributed by atoms with Gasteiger partial charge in [0, 0.05) is 18.8 Å². The fourth-order valence-electron chi connectivity index (χ4n) is 2.42. The van der Waals surface area contributed by atoms with E-state index in [1.165, 1.54) is 11.8 Å². The van der Waals surface area contributed by atoms with E-state index in [0.717, 1.165) is 31.4 Å². The lowest BCUT2D eigenvalue weighted by atomic mass is 10.3. The fourth-order valence-corrected chi connectivity index (χ4v) is 3.28. The number of unbranched alkanes of at least 4 members (excludes halogenated alkanes) is 2. The molecule has 0 bridgehead atoms. The Morgan fingerprint density at radius 1 is 1.33 bits per heavy atom. The van der Waals surface area contributed by atoms with Crippen LogP contribution in [0.4, 0.5) is 0 Å². The van der Waals surface area contributed by atoms with Crippen molar-refractivity contribution in [1.29, 1.82) is 0 Å². The molecule has 0 aliphatic carbocycles. The van der Waals surface area contributed by atoms with Gasteiger partial charge in [-0.1, -0.05) is 38.5 Å². The summed E-state index contributed by atoms with van der Waals surface area (Å²) in [6.07, 6.45) is 3.93. The normalized spacial score (nSPS) is 11.1. The zero-order valence-electron chi connectivity index (χ0n) is 14.6. The lowest BCUT2D eigenvalue weighted by Crippen LogP contribution is -2.27. The zero-order valence-corrected chi connectivity index (χ0v) is 15.5. The first-order valence-electron chi connectivity index (χ1n) is 8.56. The first-order valence-corrected chi connectivity index (χ1v) is 9.55. The second-order valence-electron chi connectivity index (χ2n) is 5.91. The van der Waals surface area contributed by atoms with Crippen LogP contribution in [0, 0.1) is 6.92 Å². The third-order valence-corrected chi connectivity index (χ3v) is 4.73. The molecule has 0 saturated carbocycles. The Labute approximate surface area is 146 Å². The van der Waals surface area contributed by atoms with Crippen LogP contribution in [0.5, 0.6) is 0 Å². The molecule has 0 atom stereocenters. The highest BCUT2D eigenvalue weighted by molar-refractivity contribution is 7.99. The van der Waals surface area contributed by atoms with Crippen molar-refractivity contribution in [2.45, 2.75) is 58.2 Å². The van der Waals surface area contributed by atoms with Gasteiger partial charge in [-0.2, -0.15) is 0 Å². The number of aromatic amines is 1. The zero-order chi connectivity index (χ0) is 17.5. The van der Waals surface area contributed by atoms with Gasteiger partial charge in [-0.15, -0.1) is 0 Å². The van der Waals surface area contributed by atoms with Crippen LogP contribution in [0.25, 0.3) is 11.0 Å². The first kappa shape index (κ1) is 18.6. The maximum Gasteiger partial charge on any atom is 0.278 e. The molecule has 2 aromatic rings. The Morgan fingerprint density at radius 3 is 2.79 bits per heavy atom. The predicted molar refractivity (Wildman–Crippen MR) is 98.6 cm³/mol. The van der Waals surface area contributed by atoms with E-state index < -0.39 is 0 Å². The highest BCUT2D eigenvalue weighted by Crippen LogP contribution is 2.18. The van der Waals surface area contributed by atoms with Crippen LogP contribution in [-0.4, -0.2) is 32.7 Å². The number of carbonyl (C=O) groups is 1. The molecule has 0 saturated heterocycles. The van der Waals surface area contributed by atoms with E-state index in [1.54, 1.807) is 4.57 Å². The minimum Gasteiger partial charge on any atom is -0.355 e. The number of hydrogen-bond acceptors (Lipinski definition) is 4. The molecule has 132 valence electrons. The Morgan fingerprint density at radius 2 is 2.08 bits per heavy atom. The van der Waals surface area contributed by atoms with Crippen molar-refractivity contribution in [3.05, 3.63) is 22.1 Å². The van der Waals surface area contributed by atoms with Crippen molar-refractivity contribution in [1.82, 2.24) is 19.9 Å². The molecule has 2 aromatic heterocycles. The number of H-pyrrole nitrogens is 1. The summed E-state index contributed by atoms with van der Waals surface area (Å²) in [4.78, 5) is 32.3. The number of aryl methyl sites for hydroxylation is 1. The Balaban J connectivity index is 2.20. The second-order valence-corrected chi connectivity index (χ2v) is 6.85. The number of carbonyl (C=O) groups excluding carboxylic acids is 1. The summed E-state index contributed by atoms with van der Waals surface area (Å²) in [6.45, 7) is 7.40. The van der Waals surface area contributed by atoms with Gasteiger partial charge in [0.1, 0.15) is 5.52 Å². The van der Waals surface area contributed by atoms with E-state index in [-0.39, 0.29) is 17.2 Å². The molecule has 0 aliphatic rings. The number of hydrogen-bond donors (Lipinski definition) is 2. The van der Waals surface area contributed by atoms with E-state index in [0.29, 0.717) is 29.3 Å². The molecule has 0 spiro atoms. The molecule has 6 nitrogen and oxygen atoms in total. The summed E-state index contributed by atoms with van der Waals surface area (Å²) < 4.78 is 1.69. The van der Waals surface area contributed by atoms with Crippen molar-refractivity contribution in [3.63, 3.8) is 0 Å². The lowest BCUT2D eigenvalue weighted by Gasteiger charge is -2.11. The summed E-state index contributed by atoms with van der Waals surface area (Å²) in [7, 11) is 0. The van der Waals surface area contributed by atoms with E-state index in [1.807, 2.05) is 13.0 Å². The van der Waals surface area contributed by atoms with Crippen molar-refractivity contribution in [2.75, 3.05) is 12.3 Å². The average Bonchev–Trinajstić information content (AvgIpc) is 2.93. The van der Waals surface area contributed by atoms with Gasteiger partial charge in [0.25, 0.3) is 5.56 Å². The van der Waals surface area contributed by atoms with Gasteiger partial charge >= 0.3 is 0 Å². The largest absolute Gasteiger partial charge is 0.355 e. The van der Waals surface area contributed by atoms with Crippen LogP contribution in [0.2, 0.25) is 0 Å². The van der Waals surface area contributed by atoms with Crippen LogP contribution in [-0.2, 0) is 11.3 Å². The molecule has 0 radical (unpaired) electrons. The Bertz CT molecular complexity index is 751. The van der Waals surface area contributed by atoms with Crippen LogP contribution in [0.15, 0.2) is 16.0 Å². The fraction of sp³-hybridized carbons (Fsp3) is 0.588. The van der Waals surface area contributed by atoms with Crippen LogP contribution < -0.4 is 10.9 Å². The quantitative estimate of drug-likeness (QED) is 0.414. The number of rotatable bonds is 9. The van der Waals surface area contributed by atoms with Gasteiger partial charge in [0.2, 0.25) is 5.91 Å². The number of amides is 1. The molecule has 0 aromatic carbocycles. The maximum atomic E-state index is 12.7. The number of nitrogens with zero attached hydrogens (tertiary/aromatic N) is 2. The van der Waals surface area contributed by atoms with Gasteiger partial charge in [-0.25, -0.2) is 4.98 Å². The van der Waals surface area contributed by atoms with E-state index in [2.05, 4.69) is 29.1 Å². The molecule has 1 amide bonds. The third kappa shape index (κ3) is 4.63. The van der Waals surface area contributed by atoms with Crippen molar-refractivity contribution in [3.8, 4) is 0 Å². The van der Waals surface area contributed by atoms with Crippen molar-refractivity contribution < 1.29 is 4.79 Å². The number of fused-ring (bicyclic) bond motifs is 1. The highest BCUT2D eigenvalue weighted by Gasteiger charge is 2.14. The van der Waals surface area contributed by atoms with E-state index in [4.69, 9.17) is 0 Å². The first-order chi connectivity index (χ1) is 11.6. The summed E-state index contributed by atoms with van der Waals surface area (Å²) >= 11 is 1.33. The molecule has 0 fully saturated rings. The summed E-state index contributed by atoms with van der Waals surface area (Å²) in [5.74, 6) is 0.257. The van der Waals surface area contributed by atoms with Gasteiger partial charge in [-0.05, 0) is 25.8 Å². The highest BCUT2D eigenvalue weighted by atomic mass is 32.2. The number of aromatic nitrogens is 3. The molecular weight excluding hydrogens is 324 g/mol. The molecule has 7 heteroatoms. The Hall–Kier alpha value is -1.76. The molecule has 2 rings (SSSR count). The molecular formula is C17H26N4O2S. The third-order valence-electron chi connectivity index (χ3n) is 3.76. The molecule has 2 N–H and O–H groups in total. The van der Waals surface area contributed by atoms with Gasteiger partial charge < -0.3 is 10.3 Å².